The van der Waals surface area contributed by atoms with Gasteiger partial charge < -0.3 is 19.1 Å². The summed E-state index contributed by atoms with van der Waals surface area (Å²) in [4.78, 5) is 32.1. The molecule has 3 heterocycles. The average Bonchev–Trinajstić information content (AvgIpc) is 3.37. The Morgan fingerprint density at radius 2 is 2.06 bits per heavy atom. The van der Waals surface area contributed by atoms with E-state index < -0.39 is 5.82 Å². The Morgan fingerprint density at radius 3 is 2.74 bits per heavy atom. The van der Waals surface area contributed by atoms with Crippen LogP contribution < -0.4 is 4.90 Å². The molecule has 7 nitrogen and oxygen atoms in total. The summed E-state index contributed by atoms with van der Waals surface area (Å²) >= 11 is 6.62. The van der Waals surface area contributed by atoms with E-state index in [4.69, 9.17) is 21.3 Å². The molecular weight excluding hydrogens is 494 g/mol. The van der Waals surface area contributed by atoms with Gasteiger partial charge in [-0.1, -0.05) is 17.7 Å². The van der Waals surface area contributed by atoms with Gasteiger partial charge in [-0.05, 0) is 43.2 Å². The van der Waals surface area contributed by atoms with E-state index in [1.165, 1.54) is 6.07 Å². The highest BCUT2D eigenvalue weighted by Gasteiger charge is 2.28. The molecule has 0 unspecified atom stereocenters. The molecule has 2 fully saturated rings. The maximum Gasteiger partial charge on any atom is 0.227 e. The smallest absolute Gasteiger partial charge is 0.227 e. The quantitative estimate of drug-likeness (QED) is 0.504. The molecule has 0 aliphatic carbocycles. The Bertz CT molecular complexity index is 1270. The minimum Gasteiger partial charge on any atom is -0.373 e. The van der Waals surface area contributed by atoms with Crippen LogP contribution in [0.2, 0.25) is 5.02 Å². The molecule has 0 radical (unpaired) electrons. The minimum atomic E-state index is -0.537. The summed E-state index contributed by atoms with van der Waals surface area (Å²) in [5.41, 5.74) is 3.24. The fraction of sp³-hybridized carbons (Fsp3) is 0.400. The lowest BCUT2D eigenvalue weighted by Gasteiger charge is -2.32. The first-order chi connectivity index (χ1) is 16.3. The molecule has 10 heteroatoms. The number of rotatable bonds is 4. The Morgan fingerprint density at radius 1 is 1.26 bits per heavy atom. The molecule has 0 spiro atoms. The van der Waals surface area contributed by atoms with Crippen molar-refractivity contribution in [3.8, 4) is 11.4 Å². The van der Waals surface area contributed by atoms with E-state index in [2.05, 4.69) is 0 Å². The second-order valence-electron chi connectivity index (χ2n) is 8.93. The van der Waals surface area contributed by atoms with Crippen molar-refractivity contribution < 1.29 is 18.7 Å². The Hall–Kier alpha value is -2.68. The third kappa shape index (κ3) is 4.87. The van der Waals surface area contributed by atoms with Gasteiger partial charge in [0.05, 0.1) is 40.9 Å². The zero-order valence-corrected chi connectivity index (χ0v) is 21.2. The summed E-state index contributed by atoms with van der Waals surface area (Å²) < 4.78 is 23.4. The average molecular weight is 521 g/mol. The summed E-state index contributed by atoms with van der Waals surface area (Å²) in [5.74, 6) is -0.174. The number of carbonyl (C=O) groups excluding carboxylic acids is 2. The van der Waals surface area contributed by atoms with Gasteiger partial charge in [0.15, 0.2) is 0 Å². The van der Waals surface area contributed by atoms with Gasteiger partial charge in [-0.3, -0.25) is 9.59 Å². The molecule has 0 N–H and O–H groups in total. The topological polar surface area (TPSA) is 67.7 Å². The number of nitrogens with zero attached hydrogens (tertiary/aromatic N) is 4. The minimum absolute atomic E-state index is 0. The zero-order chi connectivity index (χ0) is 24.0. The van der Waals surface area contributed by atoms with Crippen LogP contribution in [0.25, 0.3) is 22.4 Å². The largest absolute Gasteiger partial charge is 0.373 e. The van der Waals surface area contributed by atoms with E-state index in [1.54, 1.807) is 22.8 Å². The summed E-state index contributed by atoms with van der Waals surface area (Å²) in [6.07, 6.45) is 0.932. The summed E-state index contributed by atoms with van der Waals surface area (Å²) in [5, 5.41) is 0.193. The Kier molecular flexibility index (Phi) is 7.35. The van der Waals surface area contributed by atoms with Crippen molar-refractivity contribution in [1.82, 2.24) is 14.5 Å². The number of hydrogen-bond acceptors (Lipinski definition) is 4. The zero-order valence-electron chi connectivity index (χ0n) is 19.6. The van der Waals surface area contributed by atoms with E-state index in [-0.39, 0.29) is 40.9 Å². The molecular formula is C25H27Cl2FN4O3. The van der Waals surface area contributed by atoms with Crippen LogP contribution in [0.15, 0.2) is 30.3 Å². The SMILES string of the molecule is CC(=O)N1CCO[C@@H](Cn2c(-c3c(F)cc(N4CCCC4=O)cc3Cl)nc3cc(C)ccc32)C1.Cl. The molecule has 186 valence electrons. The van der Waals surface area contributed by atoms with Crippen LogP contribution in [0.5, 0.6) is 0 Å². The second-order valence-corrected chi connectivity index (χ2v) is 9.34. The predicted molar refractivity (Wildman–Crippen MR) is 136 cm³/mol. The number of aromatic nitrogens is 2. The first-order valence-electron chi connectivity index (χ1n) is 11.5. The van der Waals surface area contributed by atoms with Crippen LogP contribution >= 0.6 is 24.0 Å². The maximum absolute atomic E-state index is 15.6. The lowest BCUT2D eigenvalue weighted by molar-refractivity contribution is -0.136. The molecule has 35 heavy (non-hydrogen) atoms. The first kappa shape index (κ1) is 25.4. The standard InChI is InChI=1S/C25H26ClFN4O3.ClH/c1-15-5-6-22-21(10-15)28-25(31(22)14-18-13-29(16(2)32)8-9-34-18)24-19(26)11-17(12-20(24)27)30-7-3-4-23(30)33;/h5-6,10-12,18H,3-4,7-9,13-14H2,1-2H3;1H/t18-;/m1./s1. The molecule has 0 saturated carbocycles. The summed E-state index contributed by atoms with van der Waals surface area (Å²) in [6, 6.07) is 8.87. The molecule has 2 aromatic carbocycles. The number of anilines is 1. The monoisotopic (exact) mass is 520 g/mol. The fourth-order valence-electron chi connectivity index (χ4n) is 4.79. The Balaban J connectivity index is 0.00000289. The van der Waals surface area contributed by atoms with Crippen LogP contribution in [0, 0.1) is 12.7 Å². The number of imidazole rings is 1. The molecule has 3 aromatic rings. The first-order valence-corrected chi connectivity index (χ1v) is 11.8. The maximum atomic E-state index is 15.6. The number of morpholine rings is 1. The van der Waals surface area contributed by atoms with Crippen LogP contribution in [-0.4, -0.2) is 58.6 Å². The highest BCUT2D eigenvalue weighted by molar-refractivity contribution is 6.33. The molecule has 2 saturated heterocycles. The van der Waals surface area contributed by atoms with E-state index >= 15 is 4.39 Å². The van der Waals surface area contributed by atoms with Crippen molar-refractivity contribution in [1.29, 1.82) is 0 Å². The lowest BCUT2D eigenvalue weighted by atomic mass is 10.1. The highest BCUT2D eigenvalue weighted by Crippen LogP contribution is 2.37. The van der Waals surface area contributed by atoms with Gasteiger partial charge >= 0.3 is 0 Å². The molecule has 5 rings (SSSR count). The van der Waals surface area contributed by atoms with Gasteiger partial charge in [0.2, 0.25) is 11.8 Å². The normalized spacial score (nSPS) is 18.3. The van der Waals surface area contributed by atoms with Gasteiger partial charge in [0.25, 0.3) is 0 Å². The van der Waals surface area contributed by atoms with Crippen LogP contribution in [0.4, 0.5) is 10.1 Å². The van der Waals surface area contributed by atoms with Crippen molar-refractivity contribution >= 4 is 52.5 Å². The molecule has 1 atom stereocenters. The van der Waals surface area contributed by atoms with E-state index in [1.807, 2.05) is 29.7 Å². The number of amides is 2. The summed E-state index contributed by atoms with van der Waals surface area (Å²) in [7, 11) is 0. The number of benzene rings is 2. The molecule has 1 aromatic heterocycles. The van der Waals surface area contributed by atoms with Crippen molar-refractivity contribution in [2.45, 2.75) is 39.3 Å². The van der Waals surface area contributed by atoms with E-state index in [0.717, 1.165) is 23.0 Å². The van der Waals surface area contributed by atoms with E-state index in [9.17, 15) is 9.59 Å². The number of aryl methyl sites for hydroxylation is 1. The third-order valence-corrected chi connectivity index (χ3v) is 6.81. The molecule has 2 amide bonds. The number of hydrogen-bond donors (Lipinski definition) is 0. The predicted octanol–water partition coefficient (Wildman–Crippen LogP) is 4.60. The molecule has 0 bridgehead atoms. The second kappa shape index (κ2) is 10.1. The fourth-order valence-corrected chi connectivity index (χ4v) is 5.07. The van der Waals surface area contributed by atoms with Crippen molar-refractivity contribution in [3.05, 3.63) is 46.7 Å². The number of carbonyl (C=O) groups is 2. The molecule has 2 aliphatic heterocycles. The van der Waals surface area contributed by atoms with Crippen molar-refractivity contribution in [2.24, 2.45) is 0 Å². The van der Waals surface area contributed by atoms with Gasteiger partial charge in [-0.15, -0.1) is 12.4 Å². The van der Waals surface area contributed by atoms with E-state index in [0.29, 0.717) is 50.7 Å². The third-order valence-electron chi connectivity index (χ3n) is 6.51. The van der Waals surface area contributed by atoms with Gasteiger partial charge in [0.1, 0.15) is 11.6 Å². The van der Waals surface area contributed by atoms with Gasteiger partial charge in [0, 0.05) is 38.7 Å². The molecule has 2 aliphatic rings. The lowest BCUT2D eigenvalue weighted by Crippen LogP contribution is -2.46. The number of fused-ring (bicyclic) bond motifs is 1. The van der Waals surface area contributed by atoms with Crippen LogP contribution in [0.3, 0.4) is 0 Å². The number of ether oxygens (including phenoxy) is 1. The highest BCUT2D eigenvalue weighted by atomic mass is 35.5. The van der Waals surface area contributed by atoms with Gasteiger partial charge in [-0.25, -0.2) is 9.37 Å². The number of halogens is 3. The van der Waals surface area contributed by atoms with Crippen molar-refractivity contribution in [3.63, 3.8) is 0 Å². The van der Waals surface area contributed by atoms with Crippen LogP contribution in [-0.2, 0) is 20.9 Å². The summed E-state index contributed by atoms with van der Waals surface area (Å²) in [6.45, 7) is 5.91. The van der Waals surface area contributed by atoms with Gasteiger partial charge in [-0.2, -0.15) is 0 Å². The van der Waals surface area contributed by atoms with Crippen LogP contribution in [0.1, 0.15) is 25.3 Å². The van der Waals surface area contributed by atoms with Crippen molar-refractivity contribution in [2.75, 3.05) is 31.1 Å². The Labute approximate surface area is 214 Å².